The third kappa shape index (κ3) is 3.57. The Morgan fingerprint density at radius 2 is 1.29 bits per heavy atom. The minimum Gasteiger partial charge on any atom is -0.507 e. The topological polar surface area (TPSA) is 40.5 Å². The van der Waals surface area contributed by atoms with Gasteiger partial charge in [-0.2, -0.15) is 0 Å². The highest BCUT2D eigenvalue weighted by Gasteiger charge is 2.42. The molecule has 28 heavy (non-hydrogen) atoms. The summed E-state index contributed by atoms with van der Waals surface area (Å²) < 4.78 is 0. The van der Waals surface area contributed by atoms with Crippen molar-refractivity contribution in [3.8, 4) is 11.5 Å². The van der Waals surface area contributed by atoms with Gasteiger partial charge in [0.25, 0.3) is 0 Å². The number of aryl methyl sites for hydroxylation is 4. The van der Waals surface area contributed by atoms with Crippen LogP contribution in [-0.2, 0) is 0 Å². The molecule has 0 spiro atoms. The third-order valence-corrected chi connectivity index (χ3v) is 6.54. The molecule has 2 aromatic carbocycles. The summed E-state index contributed by atoms with van der Waals surface area (Å²) in [5.41, 5.74) is 7.30. The molecule has 150 valence electrons. The molecule has 2 heteroatoms. The van der Waals surface area contributed by atoms with Gasteiger partial charge >= 0.3 is 0 Å². The molecule has 1 aliphatic rings. The molecule has 0 saturated heterocycles. The first-order chi connectivity index (χ1) is 13.0. The summed E-state index contributed by atoms with van der Waals surface area (Å²) in [6.45, 7) is 14.9. The molecular formula is C26H34O2. The number of hydrogen-bond donors (Lipinski definition) is 2. The number of benzene rings is 2. The highest BCUT2D eigenvalue weighted by atomic mass is 16.3. The molecule has 1 aliphatic carbocycles. The van der Waals surface area contributed by atoms with Crippen LogP contribution in [0.1, 0.15) is 72.9 Å². The van der Waals surface area contributed by atoms with E-state index in [4.69, 9.17) is 0 Å². The lowest BCUT2D eigenvalue weighted by molar-refractivity contribution is 0.193. The van der Waals surface area contributed by atoms with E-state index in [0.717, 1.165) is 46.2 Å². The molecule has 2 nitrogen and oxygen atoms in total. The Labute approximate surface area is 169 Å². The van der Waals surface area contributed by atoms with E-state index < -0.39 is 0 Å². The van der Waals surface area contributed by atoms with Gasteiger partial charge in [-0.3, -0.25) is 0 Å². The number of rotatable bonds is 3. The summed E-state index contributed by atoms with van der Waals surface area (Å²) in [7, 11) is 0. The summed E-state index contributed by atoms with van der Waals surface area (Å²) in [6.07, 6.45) is 4.52. The van der Waals surface area contributed by atoms with E-state index in [-0.39, 0.29) is 17.3 Å². The first-order valence-corrected chi connectivity index (χ1v) is 10.3. The lowest BCUT2D eigenvalue weighted by Gasteiger charge is -2.44. The molecule has 0 bridgehead atoms. The van der Waals surface area contributed by atoms with Crippen molar-refractivity contribution in [2.24, 2.45) is 11.3 Å². The maximum Gasteiger partial charge on any atom is 0.122 e. The van der Waals surface area contributed by atoms with Crippen LogP contribution in [0, 0.1) is 39.0 Å². The van der Waals surface area contributed by atoms with Crippen LogP contribution in [0.3, 0.4) is 0 Å². The van der Waals surface area contributed by atoms with E-state index in [1.165, 1.54) is 5.57 Å². The van der Waals surface area contributed by atoms with Crippen LogP contribution in [0.4, 0.5) is 0 Å². The molecule has 0 saturated carbocycles. The van der Waals surface area contributed by atoms with E-state index >= 15 is 0 Å². The van der Waals surface area contributed by atoms with E-state index in [2.05, 4.69) is 52.8 Å². The van der Waals surface area contributed by atoms with Gasteiger partial charge in [0, 0.05) is 17.0 Å². The second-order valence-electron chi connectivity index (χ2n) is 9.47. The van der Waals surface area contributed by atoms with Crippen molar-refractivity contribution >= 4 is 0 Å². The van der Waals surface area contributed by atoms with Crippen LogP contribution in [0.2, 0.25) is 0 Å². The lowest BCUT2D eigenvalue weighted by atomic mass is 9.60. The van der Waals surface area contributed by atoms with Gasteiger partial charge in [-0.1, -0.05) is 60.9 Å². The Morgan fingerprint density at radius 1 is 0.821 bits per heavy atom. The number of aromatic hydroxyl groups is 2. The highest BCUT2D eigenvalue weighted by molar-refractivity contribution is 5.55. The van der Waals surface area contributed by atoms with Crippen LogP contribution < -0.4 is 0 Å². The van der Waals surface area contributed by atoms with Crippen molar-refractivity contribution in [3.05, 3.63) is 69.3 Å². The zero-order chi connectivity index (χ0) is 20.8. The van der Waals surface area contributed by atoms with Crippen molar-refractivity contribution in [3.63, 3.8) is 0 Å². The summed E-state index contributed by atoms with van der Waals surface area (Å²) in [4.78, 5) is 0. The van der Waals surface area contributed by atoms with Gasteiger partial charge in [-0.05, 0) is 69.9 Å². The van der Waals surface area contributed by atoms with Gasteiger partial charge in [0.05, 0.1) is 0 Å². The average Bonchev–Trinajstić information content (AvgIpc) is 2.58. The molecule has 1 atom stereocenters. The zero-order valence-electron chi connectivity index (χ0n) is 18.4. The van der Waals surface area contributed by atoms with Gasteiger partial charge in [-0.15, -0.1) is 0 Å². The van der Waals surface area contributed by atoms with Gasteiger partial charge in [0.2, 0.25) is 0 Å². The highest BCUT2D eigenvalue weighted by Crippen LogP contribution is 2.54. The molecule has 0 radical (unpaired) electrons. The largest absolute Gasteiger partial charge is 0.507 e. The molecule has 0 aromatic heterocycles. The summed E-state index contributed by atoms with van der Waals surface area (Å²) in [5, 5.41) is 22.1. The monoisotopic (exact) mass is 378 g/mol. The van der Waals surface area contributed by atoms with Gasteiger partial charge in [0.15, 0.2) is 0 Å². The first-order valence-electron chi connectivity index (χ1n) is 10.3. The molecule has 0 amide bonds. The fourth-order valence-corrected chi connectivity index (χ4v) is 5.27. The quantitative estimate of drug-likeness (QED) is 0.574. The lowest BCUT2D eigenvalue weighted by Crippen LogP contribution is -2.33. The van der Waals surface area contributed by atoms with Gasteiger partial charge in [0.1, 0.15) is 11.5 Å². The second-order valence-corrected chi connectivity index (χ2v) is 9.47. The Bertz CT molecular complexity index is 876. The van der Waals surface area contributed by atoms with Crippen molar-refractivity contribution < 1.29 is 10.2 Å². The summed E-state index contributed by atoms with van der Waals surface area (Å²) in [5.74, 6) is 0.816. The molecular weight excluding hydrogens is 344 g/mol. The molecule has 2 N–H and O–H groups in total. The first kappa shape index (κ1) is 20.5. The van der Waals surface area contributed by atoms with E-state index in [1.807, 2.05) is 26.0 Å². The number of phenolic OH excluding ortho intramolecular Hbond substituents is 2. The molecule has 1 unspecified atom stereocenters. The van der Waals surface area contributed by atoms with Crippen LogP contribution in [0.5, 0.6) is 11.5 Å². The Kier molecular flexibility index (Phi) is 5.36. The SMILES string of the molecule is CC1=CCCC(C)(C)C1C(c1cc(C)cc(C)c1O)c1cc(C)cc(C)c1O. The molecule has 0 heterocycles. The Hall–Kier alpha value is -2.22. The Morgan fingerprint density at radius 3 is 1.71 bits per heavy atom. The maximum absolute atomic E-state index is 11.1. The van der Waals surface area contributed by atoms with Crippen molar-refractivity contribution in [2.45, 2.75) is 67.2 Å². The normalized spacial score (nSPS) is 19.0. The molecule has 0 fully saturated rings. The van der Waals surface area contributed by atoms with E-state index in [9.17, 15) is 10.2 Å². The Balaban J connectivity index is 2.37. The zero-order valence-corrected chi connectivity index (χ0v) is 18.4. The smallest absolute Gasteiger partial charge is 0.122 e. The van der Waals surface area contributed by atoms with E-state index in [1.54, 1.807) is 0 Å². The fourth-order valence-electron chi connectivity index (χ4n) is 5.27. The van der Waals surface area contributed by atoms with Gasteiger partial charge < -0.3 is 10.2 Å². The standard InChI is InChI=1S/C26H34O2/c1-15-11-18(4)24(27)20(13-15)22(21-14-16(2)12-19(5)25(21)28)23-17(3)9-8-10-26(23,6)7/h9,11-14,22-23,27-28H,8,10H2,1-7H3. The summed E-state index contributed by atoms with van der Waals surface area (Å²) in [6, 6.07) is 8.24. The molecule has 2 aromatic rings. The predicted molar refractivity (Wildman–Crippen MR) is 117 cm³/mol. The average molecular weight is 379 g/mol. The minimum atomic E-state index is -0.0938. The van der Waals surface area contributed by atoms with Crippen LogP contribution in [0.25, 0.3) is 0 Å². The number of hydrogen-bond acceptors (Lipinski definition) is 2. The van der Waals surface area contributed by atoms with Crippen LogP contribution >= 0.6 is 0 Å². The van der Waals surface area contributed by atoms with Crippen molar-refractivity contribution in [1.82, 2.24) is 0 Å². The van der Waals surface area contributed by atoms with Crippen molar-refractivity contribution in [1.29, 1.82) is 0 Å². The molecule has 0 aliphatic heterocycles. The number of allylic oxidation sites excluding steroid dienone is 2. The molecule has 3 rings (SSSR count). The van der Waals surface area contributed by atoms with Crippen LogP contribution in [0.15, 0.2) is 35.9 Å². The van der Waals surface area contributed by atoms with Crippen LogP contribution in [-0.4, -0.2) is 10.2 Å². The third-order valence-electron chi connectivity index (χ3n) is 6.54. The minimum absolute atomic E-state index is 0.0671. The fraction of sp³-hybridized carbons (Fsp3) is 0.462. The van der Waals surface area contributed by atoms with E-state index in [0.29, 0.717) is 11.5 Å². The number of phenols is 2. The van der Waals surface area contributed by atoms with Gasteiger partial charge in [-0.25, -0.2) is 0 Å². The second kappa shape index (κ2) is 7.31. The van der Waals surface area contributed by atoms with Crippen molar-refractivity contribution in [2.75, 3.05) is 0 Å². The summed E-state index contributed by atoms with van der Waals surface area (Å²) >= 11 is 0. The maximum atomic E-state index is 11.1. The predicted octanol–water partition coefficient (Wildman–Crippen LogP) is 6.85.